The third-order valence-electron chi connectivity index (χ3n) is 4.62. The first-order chi connectivity index (χ1) is 8.84. The first-order valence-corrected chi connectivity index (χ1v) is 7.79. The molecular formula is C16H31NO2. The fourth-order valence-corrected chi connectivity index (χ4v) is 3.31. The number of carboxylic acid groups (broad SMARTS) is 1. The van der Waals surface area contributed by atoms with Gasteiger partial charge >= 0.3 is 5.97 Å². The lowest BCUT2D eigenvalue weighted by molar-refractivity contribution is -0.138. The highest BCUT2D eigenvalue weighted by atomic mass is 16.4. The van der Waals surface area contributed by atoms with Crippen LogP contribution in [0.5, 0.6) is 0 Å². The fraction of sp³-hybridized carbons (Fsp3) is 0.938. The highest BCUT2D eigenvalue weighted by Crippen LogP contribution is 2.41. The summed E-state index contributed by atoms with van der Waals surface area (Å²) in [6.07, 6.45) is 6.18. The van der Waals surface area contributed by atoms with Gasteiger partial charge < -0.3 is 10.4 Å². The van der Waals surface area contributed by atoms with Gasteiger partial charge in [0.15, 0.2) is 0 Å². The molecule has 0 radical (unpaired) electrons. The van der Waals surface area contributed by atoms with Crippen molar-refractivity contribution in [3.63, 3.8) is 0 Å². The molecule has 3 heteroatoms. The van der Waals surface area contributed by atoms with E-state index >= 15 is 0 Å². The molecule has 0 bridgehead atoms. The van der Waals surface area contributed by atoms with Crippen LogP contribution in [0.15, 0.2) is 0 Å². The molecule has 1 unspecified atom stereocenters. The third-order valence-corrected chi connectivity index (χ3v) is 4.62. The lowest BCUT2D eigenvalue weighted by Crippen LogP contribution is -2.41. The topological polar surface area (TPSA) is 49.3 Å². The Morgan fingerprint density at radius 1 is 1.26 bits per heavy atom. The molecule has 0 spiro atoms. The van der Waals surface area contributed by atoms with Gasteiger partial charge in [0.25, 0.3) is 0 Å². The Labute approximate surface area is 118 Å². The number of aliphatic carboxylic acids is 1. The zero-order valence-electron chi connectivity index (χ0n) is 13.0. The van der Waals surface area contributed by atoms with Crippen LogP contribution in [0.2, 0.25) is 0 Å². The monoisotopic (exact) mass is 269 g/mol. The molecule has 0 amide bonds. The first-order valence-electron chi connectivity index (χ1n) is 7.79. The second-order valence-corrected chi connectivity index (χ2v) is 7.14. The summed E-state index contributed by atoms with van der Waals surface area (Å²) in [4.78, 5) is 11.0. The summed E-state index contributed by atoms with van der Waals surface area (Å²) in [5, 5.41) is 12.5. The van der Waals surface area contributed by atoms with E-state index in [-0.39, 0.29) is 12.5 Å². The van der Waals surface area contributed by atoms with E-state index in [0.717, 1.165) is 18.9 Å². The van der Waals surface area contributed by atoms with E-state index in [1.807, 2.05) is 0 Å². The van der Waals surface area contributed by atoms with Crippen LogP contribution in [0.4, 0.5) is 0 Å². The summed E-state index contributed by atoms with van der Waals surface area (Å²) in [5.74, 6) is 0.660. The Hall–Kier alpha value is -0.570. The third kappa shape index (κ3) is 5.52. The molecule has 2 N–H and O–H groups in total. The van der Waals surface area contributed by atoms with Gasteiger partial charge in [0.1, 0.15) is 0 Å². The maximum absolute atomic E-state index is 11.0. The van der Waals surface area contributed by atoms with Crippen LogP contribution in [0, 0.1) is 17.3 Å². The molecule has 1 fully saturated rings. The first kappa shape index (κ1) is 16.5. The van der Waals surface area contributed by atoms with Crippen LogP contribution in [-0.2, 0) is 4.79 Å². The summed E-state index contributed by atoms with van der Waals surface area (Å²) < 4.78 is 0. The Morgan fingerprint density at radius 3 is 2.26 bits per heavy atom. The minimum absolute atomic E-state index is 0.165. The molecule has 0 saturated heterocycles. The van der Waals surface area contributed by atoms with Gasteiger partial charge in [0, 0.05) is 6.04 Å². The number of nitrogens with one attached hydrogen (secondary N) is 1. The molecular weight excluding hydrogens is 238 g/mol. The van der Waals surface area contributed by atoms with Crippen LogP contribution in [0.3, 0.4) is 0 Å². The molecule has 1 rings (SSSR count). The average molecular weight is 269 g/mol. The Balaban J connectivity index is 2.51. The average Bonchev–Trinajstić information content (AvgIpc) is 2.33. The SMILES string of the molecule is CCCNC(CC(=O)O)C1CCC(C(C)(C)C)CC1. The zero-order chi connectivity index (χ0) is 14.5. The number of hydrogen-bond donors (Lipinski definition) is 2. The highest BCUT2D eigenvalue weighted by Gasteiger charge is 2.33. The molecule has 0 aromatic rings. The van der Waals surface area contributed by atoms with Gasteiger partial charge in [-0.25, -0.2) is 0 Å². The summed E-state index contributed by atoms with van der Waals surface area (Å²) >= 11 is 0. The molecule has 1 atom stereocenters. The molecule has 0 heterocycles. The van der Waals surface area contributed by atoms with Gasteiger partial charge in [-0.2, -0.15) is 0 Å². The lowest BCUT2D eigenvalue weighted by Gasteiger charge is -2.39. The van der Waals surface area contributed by atoms with Gasteiger partial charge in [-0.3, -0.25) is 4.79 Å². The number of rotatable bonds is 6. The largest absolute Gasteiger partial charge is 0.481 e. The number of hydrogen-bond acceptors (Lipinski definition) is 2. The molecule has 0 aromatic heterocycles. The molecule has 19 heavy (non-hydrogen) atoms. The van der Waals surface area contributed by atoms with Crippen molar-refractivity contribution in [2.75, 3.05) is 6.54 Å². The molecule has 1 saturated carbocycles. The zero-order valence-corrected chi connectivity index (χ0v) is 13.0. The molecule has 0 aromatic carbocycles. The molecule has 1 aliphatic carbocycles. The van der Waals surface area contributed by atoms with Crippen LogP contribution in [-0.4, -0.2) is 23.7 Å². The van der Waals surface area contributed by atoms with E-state index in [0.29, 0.717) is 11.3 Å². The van der Waals surface area contributed by atoms with E-state index in [1.54, 1.807) is 0 Å². The summed E-state index contributed by atoms with van der Waals surface area (Å²) in [5.41, 5.74) is 0.393. The maximum atomic E-state index is 11.0. The quantitative estimate of drug-likeness (QED) is 0.773. The van der Waals surface area contributed by atoms with Gasteiger partial charge in [0.05, 0.1) is 6.42 Å². The minimum Gasteiger partial charge on any atom is -0.481 e. The number of carbonyl (C=O) groups is 1. The normalized spacial score (nSPS) is 26.1. The second-order valence-electron chi connectivity index (χ2n) is 7.14. The predicted molar refractivity (Wildman–Crippen MR) is 79.2 cm³/mol. The highest BCUT2D eigenvalue weighted by molar-refractivity contribution is 5.67. The Morgan fingerprint density at radius 2 is 1.84 bits per heavy atom. The Kier molecular flexibility index (Phi) is 6.31. The molecule has 0 aliphatic heterocycles. The number of carboxylic acids is 1. The Bertz CT molecular complexity index is 275. The van der Waals surface area contributed by atoms with Crippen molar-refractivity contribution in [3.05, 3.63) is 0 Å². The fourth-order valence-electron chi connectivity index (χ4n) is 3.31. The molecule has 112 valence electrons. The summed E-state index contributed by atoms with van der Waals surface area (Å²) in [6, 6.07) is 0.165. The van der Waals surface area contributed by atoms with Crippen molar-refractivity contribution >= 4 is 5.97 Å². The standard InChI is InChI=1S/C16H31NO2/c1-5-10-17-14(11-15(18)19)12-6-8-13(9-7-12)16(2,3)4/h12-14,17H,5-11H2,1-4H3,(H,18,19). The van der Waals surface area contributed by atoms with E-state index in [9.17, 15) is 4.79 Å². The van der Waals surface area contributed by atoms with Crippen LogP contribution < -0.4 is 5.32 Å². The van der Waals surface area contributed by atoms with Gasteiger partial charge in [-0.15, -0.1) is 0 Å². The lowest BCUT2D eigenvalue weighted by atomic mass is 9.68. The van der Waals surface area contributed by atoms with Crippen LogP contribution >= 0.6 is 0 Å². The van der Waals surface area contributed by atoms with Crippen molar-refractivity contribution in [1.29, 1.82) is 0 Å². The molecule has 3 nitrogen and oxygen atoms in total. The van der Waals surface area contributed by atoms with E-state index in [4.69, 9.17) is 5.11 Å². The van der Waals surface area contributed by atoms with Gasteiger partial charge in [-0.1, -0.05) is 27.7 Å². The maximum Gasteiger partial charge on any atom is 0.304 e. The van der Waals surface area contributed by atoms with Crippen LogP contribution in [0.25, 0.3) is 0 Å². The van der Waals surface area contributed by atoms with E-state index in [1.165, 1.54) is 25.7 Å². The van der Waals surface area contributed by atoms with E-state index < -0.39 is 5.97 Å². The van der Waals surface area contributed by atoms with Crippen LogP contribution in [0.1, 0.15) is 66.2 Å². The van der Waals surface area contributed by atoms with Crippen molar-refractivity contribution in [2.24, 2.45) is 17.3 Å². The van der Waals surface area contributed by atoms with E-state index in [2.05, 4.69) is 33.0 Å². The van der Waals surface area contributed by atoms with Crippen molar-refractivity contribution in [3.8, 4) is 0 Å². The summed E-state index contributed by atoms with van der Waals surface area (Å²) in [6.45, 7) is 10.0. The summed E-state index contributed by atoms with van der Waals surface area (Å²) in [7, 11) is 0. The van der Waals surface area contributed by atoms with Crippen molar-refractivity contribution in [2.45, 2.75) is 72.3 Å². The molecule has 1 aliphatic rings. The van der Waals surface area contributed by atoms with Gasteiger partial charge in [-0.05, 0) is 55.9 Å². The minimum atomic E-state index is -0.674. The smallest absolute Gasteiger partial charge is 0.304 e. The predicted octanol–water partition coefficient (Wildman–Crippen LogP) is 3.68. The van der Waals surface area contributed by atoms with Gasteiger partial charge in [0.2, 0.25) is 0 Å². The second kappa shape index (κ2) is 7.28. The van der Waals surface area contributed by atoms with Crippen molar-refractivity contribution in [1.82, 2.24) is 5.32 Å². The van der Waals surface area contributed by atoms with Crippen molar-refractivity contribution < 1.29 is 9.90 Å².